The lowest BCUT2D eigenvalue weighted by Crippen LogP contribution is -2.56. The number of nitrogens with zero attached hydrogens (tertiary/aromatic N) is 1. The fourth-order valence-corrected chi connectivity index (χ4v) is 1.91. The number of morpholine rings is 1. The molecule has 90 valence electrons. The molecule has 1 saturated heterocycles. The van der Waals surface area contributed by atoms with Gasteiger partial charge in [-0.25, -0.2) is 0 Å². The first-order chi connectivity index (χ1) is 6.32. The molecule has 1 fully saturated rings. The van der Waals surface area contributed by atoms with Gasteiger partial charge in [0.2, 0.25) is 5.91 Å². The van der Waals surface area contributed by atoms with Crippen molar-refractivity contribution in [3.63, 3.8) is 0 Å². The normalized spacial score (nSPS) is 26.7. The molecule has 0 aliphatic carbocycles. The van der Waals surface area contributed by atoms with Crippen molar-refractivity contribution < 1.29 is 9.53 Å². The van der Waals surface area contributed by atoms with E-state index in [0.717, 1.165) is 0 Å². The summed E-state index contributed by atoms with van der Waals surface area (Å²) in [6.45, 7) is 8.94. The molecule has 4 nitrogen and oxygen atoms in total. The largest absolute Gasteiger partial charge is 0.369 e. The van der Waals surface area contributed by atoms with E-state index >= 15 is 0 Å². The Morgan fingerprint density at radius 3 is 2.53 bits per heavy atom. The molecular formula is C10H21ClN2O2. The Labute approximate surface area is 97.5 Å². The number of nitrogens with two attached hydrogens (primary N) is 1. The van der Waals surface area contributed by atoms with E-state index in [1.165, 1.54) is 0 Å². The maximum Gasteiger partial charge on any atom is 0.239 e. The first-order valence-corrected chi connectivity index (χ1v) is 5.04. The number of amides is 1. The predicted octanol–water partition coefficient (Wildman–Crippen LogP) is 0.781. The minimum absolute atomic E-state index is 0. The Bertz CT molecular complexity index is 231. The van der Waals surface area contributed by atoms with E-state index in [1.54, 1.807) is 11.8 Å². The van der Waals surface area contributed by atoms with Gasteiger partial charge in [0, 0.05) is 13.1 Å². The highest BCUT2D eigenvalue weighted by Crippen LogP contribution is 2.20. The lowest BCUT2D eigenvalue weighted by Gasteiger charge is -2.42. The summed E-state index contributed by atoms with van der Waals surface area (Å²) in [5, 5.41) is 0. The Hall–Kier alpha value is -0.320. The topological polar surface area (TPSA) is 55.6 Å². The minimum atomic E-state index is -0.420. The molecule has 1 amide bonds. The fraction of sp³-hybridized carbons (Fsp3) is 0.900. The molecule has 0 radical (unpaired) electrons. The van der Waals surface area contributed by atoms with Crippen LogP contribution in [0.15, 0.2) is 0 Å². The zero-order valence-corrected chi connectivity index (χ0v) is 10.6. The summed E-state index contributed by atoms with van der Waals surface area (Å²) in [7, 11) is 0. The van der Waals surface area contributed by atoms with Gasteiger partial charge in [-0.3, -0.25) is 4.79 Å². The van der Waals surface area contributed by atoms with Crippen LogP contribution in [0.25, 0.3) is 0 Å². The molecule has 1 aliphatic rings. The molecule has 0 aromatic heterocycles. The van der Waals surface area contributed by atoms with Crippen molar-refractivity contribution in [2.24, 2.45) is 5.73 Å². The van der Waals surface area contributed by atoms with Crippen LogP contribution < -0.4 is 5.73 Å². The van der Waals surface area contributed by atoms with Crippen LogP contribution in [-0.2, 0) is 9.53 Å². The van der Waals surface area contributed by atoms with E-state index in [0.29, 0.717) is 13.1 Å². The van der Waals surface area contributed by atoms with Crippen LogP contribution in [0.4, 0.5) is 0 Å². The second kappa shape index (κ2) is 5.14. The van der Waals surface area contributed by atoms with Crippen molar-refractivity contribution >= 4 is 18.3 Å². The molecule has 0 aromatic carbocycles. The lowest BCUT2D eigenvalue weighted by atomic mass is 10.0. The molecule has 0 saturated carbocycles. The monoisotopic (exact) mass is 236 g/mol. The summed E-state index contributed by atoms with van der Waals surface area (Å²) in [5.74, 6) is 0.00762. The SMILES string of the molecule is CC1CN(C(=O)C(C)N)CC(C)(C)O1.Cl. The van der Waals surface area contributed by atoms with Crippen LogP contribution in [0, 0.1) is 0 Å². The van der Waals surface area contributed by atoms with E-state index in [9.17, 15) is 4.79 Å². The van der Waals surface area contributed by atoms with Gasteiger partial charge in [0.15, 0.2) is 0 Å². The van der Waals surface area contributed by atoms with Gasteiger partial charge in [-0.1, -0.05) is 0 Å². The zero-order valence-electron chi connectivity index (χ0n) is 9.82. The van der Waals surface area contributed by atoms with Gasteiger partial charge in [0.1, 0.15) is 0 Å². The Morgan fingerprint density at radius 1 is 1.60 bits per heavy atom. The maximum absolute atomic E-state index is 11.7. The van der Waals surface area contributed by atoms with Crippen LogP contribution >= 0.6 is 12.4 Å². The third-order valence-electron chi connectivity index (χ3n) is 2.27. The molecule has 1 heterocycles. The molecule has 2 N–H and O–H groups in total. The van der Waals surface area contributed by atoms with Crippen molar-refractivity contribution in [3.05, 3.63) is 0 Å². The van der Waals surface area contributed by atoms with Gasteiger partial charge < -0.3 is 15.4 Å². The number of carbonyl (C=O) groups excluding carboxylic acids is 1. The molecule has 0 bridgehead atoms. The number of carbonyl (C=O) groups is 1. The van der Waals surface area contributed by atoms with Gasteiger partial charge in [-0.2, -0.15) is 0 Å². The predicted molar refractivity (Wildman–Crippen MR) is 62.1 cm³/mol. The highest BCUT2D eigenvalue weighted by Gasteiger charge is 2.34. The van der Waals surface area contributed by atoms with E-state index < -0.39 is 6.04 Å². The average molecular weight is 237 g/mol. The molecular weight excluding hydrogens is 216 g/mol. The van der Waals surface area contributed by atoms with E-state index in [1.807, 2.05) is 20.8 Å². The summed E-state index contributed by atoms with van der Waals surface area (Å²) >= 11 is 0. The van der Waals surface area contributed by atoms with Gasteiger partial charge in [-0.15, -0.1) is 12.4 Å². The molecule has 2 unspecified atom stereocenters. The fourth-order valence-electron chi connectivity index (χ4n) is 1.91. The van der Waals surface area contributed by atoms with Crippen LogP contribution in [0.5, 0.6) is 0 Å². The summed E-state index contributed by atoms with van der Waals surface area (Å²) in [6.07, 6.45) is 0.0847. The molecule has 0 aromatic rings. The first-order valence-electron chi connectivity index (χ1n) is 5.04. The summed E-state index contributed by atoms with van der Waals surface area (Å²) in [6, 6.07) is -0.420. The molecule has 0 spiro atoms. The van der Waals surface area contributed by atoms with Crippen molar-refractivity contribution in [1.29, 1.82) is 0 Å². The summed E-state index contributed by atoms with van der Waals surface area (Å²) in [5.41, 5.74) is 5.31. The van der Waals surface area contributed by atoms with Crippen molar-refractivity contribution in [2.45, 2.75) is 45.4 Å². The molecule has 2 atom stereocenters. The molecule has 1 rings (SSSR count). The standard InChI is InChI=1S/C10H20N2O2.ClH/c1-7-5-12(9(13)8(2)11)6-10(3,4)14-7;/h7-8H,5-6,11H2,1-4H3;1H. The summed E-state index contributed by atoms with van der Waals surface area (Å²) in [4.78, 5) is 13.5. The van der Waals surface area contributed by atoms with Gasteiger partial charge in [-0.05, 0) is 27.7 Å². The molecule has 5 heteroatoms. The lowest BCUT2D eigenvalue weighted by molar-refractivity contribution is -0.158. The average Bonchev–Trinajstić information content (AvgIpc) is 1.98. The second-order valence-corrected chi connectivity index (χ2v) is 4.70. The van der Waals surface area contributed by atoms with Gasteiger partial charge in [0.25, 0.3) is 0 Å². The number of hydrogen-bond donors (Lipinski definition) is 1. The Morgan fingerprint density at radius 2 is 2.13 bits per heavy atom. The van der Waals surface area contributed by atoms with Crippen LogP contribution in [0.1, 0.15) is 27.7 Å². The van der Waals surface area contributed by atoms with Crippen molar-refractivity contribution in [1.82, 2.24) is 4.90 Å². The van der Waals surface area contributed by atoms with Crippen LogP contribution in [0.2, 0.25) is 0 Å². The number of ether oxygens (including phenoxy) is 1. The summed E-state index contributed by atoms with van der Waals surface area (Å²) < 4.78 is 5.70. The van der Waals surface area contributed by atoms with E-state index in [-0.39, 0.29) is 30.0 Å². The Kier molecular flexibility index (Phi) is 5.03. The number of halogens is 1. The third kappa shape index (κ3) is 3.97. The Balaban J connectivity index is 0.00000196. The number of hydrogen-bond acceptors (Lipinski definition) is 3. The van der Waals surface area contributed by atoms with Gasteiger partial charge >= 0.3 is 0 Å². The highest BCUT2D eigenvalue weighted by molar-refractivity contribution is 5.85. The first kappa shape index (κ1) is 14.7. The van der Waals surface area contributed by atoms with Gasteiger partial charge in [0.05, 0.1) is 17.7 Å². The van der Waals surface area contributed by atoms with Crippen LogP contribution in [0.3, 0.4) is 0 Å². The van der Waals surface area contributed by atoms with Crippen LogP contribution in [-0.4, -0.2) is 41.6 Å². The minimum Gasteiger partial charge on any atom is -0.369 e. The third-order valence-corrected chi connectivity index (χ3v) is 2.27. The van der Waals surface area contributed by atoms with E-state index in [4.69, 9.17) is 10.5 Å². The van der Waals surface area contributed by atoms with E-state index in [2.05, 4.69) is 0 Å². The zero-order chi connectivity index (χ0) is 10.9. The second-order valence-electron chi connectivity index (χ2n) is 4.70. The quantitative estimate of drug-likeness (QED) is 0.732. The number of rotatable bonds is 1. The smallest absolute Gasteiger partial charge is 0.239 e. The highest BCUT2D eigenvalue weighted by atomic mass is 35.5. The van der Waals surface area contributed by atoms with Crippen molar-refractivity contribution in [2.75, 3.05) is 13.1 Å². The molecule has 1 aliphatic heterocycles. The van der Waals surface area contributed by atoms with Crippen molar-refractivity contribution in [3.8, 4) is 0 Å². The molecule has 15 heavy (non-hydrogen) atoms. The maximum atomic E-state index is 11.7.